The van der Waals surface area contributed by atoms with Crippen LogP contribution in [0.4, 0.5) is 8.78 Å². The second-order valence-corrected chi connectivity index (χ2v) is 8.78. The predicted molar refractivity (Wildman–Crippen MR) is 114 cm³/mol. The van der Waals surface area contributed by atoms with Crippen molar-refractivity contribution < 1.29 is 31.5 Å². The van der Waals surface area contributed by atoms with Crippen LogP contribution < -0.4 is 0 Å². The second-order valence-electron chi connectivity index (χ2n) is 6.84. The summed E-state index contributed by atoms with van der Waals surface area (Å²) in [5, 5.41) is 0. The average molecular weight is 469 g/mol. The van der Waals surface area contributed by atoms with E-state index in [4.69, 9.17) is 4.74 Å². The quantitative estimate of drug-likeness (QED) is 0.500. The van der Waals surface area contributed by atoms with Crippen LogP contribution in [0.15, 0.2) is 47.4 Å². The number of hydrogen-bond acceptors (Lipinski definition) is 5. The summed E-state index contributed by atoms with van der Waals surface area (Å²) in [7, 11) is -3.91. The molecule has 0 aliphatic rings. The van der Waals surface area contributed by atoms with Gasteiger partial charge in [-0.15, -0.1) is 0 Å². The lowest BCUT2D eigenvalue weighted by atomic mass is 10.2. The second kappa shape index (κ2) is 11.1. The van der Waals surface area contributed by atoms with Gasteiger partial charge in [0.25, 0.3) is 5.91 Å². The summed E-state index contributed by atoms with van der Waals surface area (Å²) in [6.45, 7) is 5.17. The molecule has 1 amide bonds. The fraction of sp³-hybridized carbons (Fsp3) is 0.364. The highest BCUT2D eigenvalue weighted by molar-refractivity contribution is 7.89. The number of carbonyl (C=O) groups excluding carboxylic acids is 2. The van der Waals surface area contributed by atoms with Crippen LogP contribution in [0.5, 0.6) is 0 Å². The van der Waals surface area contributed by atoms with E-state index in [0.29, 0.717) is 5.56 Å². The normalized spacial score (nSPS) is 11.4. The summed E-state index contributed by atoms with van der Waals surface area (Å²) < 4.78 is 59.0. The van der Waals surface area contributed by atoms with Crippen LogP contribution >= 0.6 is 0 Å². The maximum absolute atomic E-state index is 14.2. The monoisotopic (exact) mass is 468 g/mol. The van der Waals surface area contributed by atoms with E-state index in [2.05, 4.69) is 0 Å². The minimum absolute atomic E-state index is 0.108. The molecule has 0 saturated carbocycles. The van der Waals surface area contributed by atoms with E-state index in [1.165, 1.54) is 27.4 Å². The Morgan fingerprint density at radius 3 is 2.25 bits per heavy atom. The van der Waals surface area contributed by atoms with Crippen molar-refractivity contribution >= 4 is 21.9 Å². The third kappa shape index (κ3) is 6.10. The third-order valence-electron chi connectivity index (χ3n) is 4.82. The van der Waals surface area contributed by atoms with E-state index in [1.807, 2.05) is 0 Å². The molecule has 32 heavy (non-hydrogen) atoms. The molecule has 0 heterocycles. The maximum atomic E-state index is 14.2. The zero-order chi connectivity index (χ0) is 23.9. The summed E-state index contributed by atoms with van der Waals surface area (Å²) in [6, 6.07) is 8.60. The van der Waals surface area contributed by atoms with Crippen molar-refractivity contribution in [2.75, 3.05) is 26.2 Å². The van der Waals surface area contributed by atoms with E-state index >= 15 is 0 Å². The van der Waals surface area contributed by atoms with Gasteiger partial charge in [0.15, 0.2) is 6.61 Å². The van der Waals surface area contributed by atoms with Crippen molar-refractivity contribution in [1.29, 1.82) is 0 Å². The van der Waals surface area contributed by atoms with Crippen LogP contribution in [0.3, 0.4) is 0 Å². The first-order valence-electron chi connectivity index (χ1n) is 10.1. The van der Waals surface area contributed by atoms with Gasteiger partial charge < -0.3 is 9.64 Å². The Bertz CT molecular complexity index is 1070. The molecule has 0 saturated heterocycles. The number of halogens is 2. The lowest BCUT2D eigenvalue weighted by Gasteiger charge is -2.21. The number of nitrogens with zero attached hydrogens (tertiary/aromatic N) is 2. The average Bonchev–Trinajstić information content (AvgIpc) is 2.76. The first-order chi connectivity index (χ1) is 15.1. The van der Waals surface area contributed by atoms with Crippen molar-refractivity contribution in [3.05, 3.63) is 65.2 Å². The Hall–Kier alpha value is -2.85. The predicted octanol–water partition coefficient (Wildman–Crippen LogP) is 3.20. The standard InChI is InChI=1S/C22H26F2N2O5S/c1-4-25(14-16-8-7-9-17(23)12-16)21(27)15-31-22(28)19-13-18(10-11-20(19)24)32(29,30)26(5-2)6-3/h7-13H,4-6,14-15H2,1-3H3. The molecule has 2 rings (SSSR count). The Morgan fingerprint density at radius 1 is 0.969 bits per heavy atom. The molecular weight excluding hydrogens is 442 g/mol. The molecule has 0 bridgehead atoms. The molecule has 2 aromatic rings. The zero-order valence-corrected chi connectivity index (χ0v) is 19.0. The van der Waals surface area contributed by atoms with Crippen LogP contribution in [-0.2, 0) is 26.1 Å². The van der Waals surface area contributed by atoms with Crippen molar-refractivity contribution in [3.8, 4) is 0 Å². The van der Waals surface area contributed by atoms with Gasteiger partial charge in [-0.05, 0) is 42.8 Å². The number of ether oxygens (including phenoxy) is 1. The Kier molecular flexibility index (Phi) is 8.85. The van der Waals surface area contributed by atoms with Crippen LogP contribution in [-0.4, -0.2) is 55.7 Å². The molecule has 0 spiro atoms. The lowest BCUT2D eigenvalue weighted by molar-refractivity contribution is -0.135. The number of sulfonamides is 1. The Labute approximate surface area is 186 Å². The van der Waals surface area contributed by atoms with E-state index in [-0.39, 0.29) is 31.1 Å². The molecule has 0 aliphatic carbocycles. The van der Waals surface area contributed by atoms with Gasteiger partial charge in [0, 0.05) is 26.2 Å². The van der Waals surface area contributed by atoms with Gasteiger partial charge in [0.1, 0.15) is 11.6 Å². The molecule has 0 atom stereocenters. The minimum atomic E-state index is -3.91. The van der Waals surface area contributed by atoms with Crippen molar-refractivity contribution in [3.63, 3.8) is 0 Å². The Morgan fingerprint density at radius 2 is 1.66 bits per heavy atom. The fourth-order valence-corrected chi connectivity index (χ4v) is 4.55. The summed E-state index contributed by atoms with van der Waals surface area (Å²) in [6.07, 6.45) is 0. The van der Waals surface area contributed by atoms with E-state index in [1.54, 1.807) is 26.8 Å². The van der Waals surface area contributed by atoms with E-state index in [9.17, 15) is 26.8 Å². The first-order valence-corrected chi connectivity index (χ1v) is 11.6. The molecular formula is C22H26F2N2O5S. The summed E-state index contributed by atoms with van der Waals surface area (Å²) in [5.41, 5.74) is -0.0221. The summed E-state index contributed by atoms with van der Waals surface area (Å²) in [5.74, 6) is -3.12. The summed E-state index contributed by atoms with van der Waals surface area (Å²) in [4.78, 5) is 25.9. The number of amides is 1. The van der Waals surface area contributed by atoms with Crippen LogP contribution in [0.1, 0.15) is 36.7 Å². The Balaban J connectivity index is 2.12. The number of benzene rings is 2. The van der Waals surface area contributed by atoms with Crippen LogP contribution in [0.25, 0.3) is 0 Å². The van der Waals surface area contributed by atoms with Crippen LogP contribution in [0.2, 0.25) is 0 Å². The van der Waals surface area contributed by atoms with Crippen molar-refractivity contribution in [2.24, 2.45) is 0 Å². The van der Waals surface area contributed by atoms with Gasteiger partial charge >= 0.3 is 5.97 Å². The molecule has 10 heteroatoms. The van der Waals surface area contributed by atoms with Gasteiger partial charge in [-0.2, -0.15) is 4.31 Å². The molecule has 2 aromatic carbocycles. The van der Waals surface area contributed by atoms with Gasteiger partial charge in [-0.25, -0.2) is 22.0 Å². The molecule has 7 nitrogen and oxygen atoms in total. The number of rotatable bonds is 10. The molecule has 0 unspecified atom stereocenters. The van der Waals surface area contributed by atoms with Crippen molar-refractivity contribution in [2.45, 2.75) is 32.2 Å². The van der Waals surface area contributed by atoms with Crippen LogP contribution in [0, 0.1) is 11.6 Å². The minimum Gasteiger partial charge on any atom is -0.452 e. The topological polar surface area (TPSA) is 84.0 Å². The number of hydrogen-bond donors (Lipinski definition) is 0. The number of esters is 1. The summed E-state index contributed by atoms with van der Waals surface area (Å²) >= 11 is 0. The smallest absolute Gasteiger partial charge is 0.341 e. The highest BCUT2D eigenvalue weighted by Crippen LogP contribution is 2.20. The molecule has 0 aromatic heterocycles. The highest BCUT2D eigenvalue weighted by atomic mass is 32.2. The molecule has 0 fully saturated rings. The third-order valence-corrected chi connectivity index (χ3v) is 6.87. The largest absolute Gasteiger partial charge is 0.452 e. The zero-order valence-electron chi connectivity index (χ0n) is 18.2. The number of carbonyl (C=O) groups is 2. The first kappa shape index (κ1) is 25.4. The molecule has 0 radical (unpaired) electrons. The van der Waals surface area contributed by atoms with E-state index < -0.39 is 45.7 Å². The van der Waals surface area contributed by atoms with Gasteiger partial charge in [-0.3, -0.25) is 4.79 Å². The highest BCUT2D eigenvalue weighted by Gasteiger charge is 2.25. The fourth-order valence-electron chi connectivity index (χ4n) is 3.06. The van der Waals surface area contributed by atoms with Gasteiger partial charge in [-0.1, -0.05) is 26.0 Å². The molecule has 0 aliphatic heterocycles. The van der Waals surface area contributed by atoms with Gasteiger partial charge in [0.2, 0.25) is 10.0 Å². The molecule has 0 N–H and O–H groups in total. The lowest BCUT2D eigenvalue weighted by Crippen LogP contribution is -2.34. The van der Waals surface area contributed by atoms with E-state index in [0.717, 1.165) is 18.2 Å². The SMILES string of the molecule is CCN(Cc1cccc(F)c1)C(=O)COC(=O)c1cc(S(=O)(=O)N(CC)CC)ccc1F. The maximum Gasteiger partial charge on any atom is 0.341 e. The number of likely N-dealkylation sites (N-methyl/N-ethyl adjacent to an activating group) is 1. The van der Waals surface area contributed by atoms with Crippen molar-refractivity contribution in [1.82, 2.24) is 9.21 Å². The molecule has 174 valence electrons. The van der Waals surface area contributed by atoms with Gasteiger partial charge in [0.05, 0.1) is 10.5 Å².